The maximum Gasteiger partial charge on any atom is 0.303 e. The van der Waals surface area contributed by atoms with E-state index in [4.69, 9.17) is 9.84 Å². The van der Waals surface area contributed by atoms with Gasteiger partial charge in [0.05, 0.1) is 25.8 Å². The fourth-order valence-corrected chi connectivity index (χ4v) is 2.75. The molecular weight excluding hydrogens is 346 g/mol. The standard InChI is InChI=1S/C19H23N5O3/c1-14-3-2-4-15(11-14)13-20-23-17-12-18(24-7-9-27-10-8-24)22-16(21-17)5-6-19(25)26/h2-4,11-13H,5-10H2,1H3,(H,25,26)(H,21,22,23). The van der Waals surface area contributed by atoms with Gasteiger partial charge in [0.1, 0.15) is 11.6 Å². The summed E-state index contributed by atoms with van der Waals surface area (Å²) in [6.07, 6.45) is 1.97. The molecule has 0 spiro atoms. The second-order valence-corrected chi connectivity index (χ2v) is 6.30. The van der Waals surface area contributed by atoms with E-state index in [2.05, 4.69) is 25.4 Å². The molecule has 1 aliphatic heterocycles. The highest BCUT2D eigenvalue weighted by molar-refractivity contribution is 5.80. The number of hydrogen-bond donors (Lipinski definition) is 2. The molecule has 1 aromatic heterocycles. The number of anilines is 2. The summed E-state index contributed by atoms with van der Waals surface area (Å²) in [6, 6.07) is 9.82. The molecule has 0 radical (unpaired) electrons. The van der Waals surface area contributed by atoms with Crippen molar-refractivity contribution in [1.29, 1.82) is 0 Å². The van der Waals surface area contributed by atoms with Gasteiger partial charge in [0.25, 0.3) is 0 Å². The number of nitrogens with zero attached hydrogens (tertiary/aromatic N) is 4. The first-order valence-electron chi connectivity index (χ1n) is 8.88. The number of carboxylic acids is 1. The average molecular weight is 369 g/mol. The number of carboxylic acid groups (broad SMARTS) is 1. The Balaban J connectivity index is 1.77. The van der Waals surface area contributed by atoms with E-state index in [1.807, 2.05) is 37.3 Å². The lowest BCUT2D eigenvalue weighted by Gasteiger charge is -2.28. The SMILES string of the molecule is Cc1cccc(C=NNc2cc(N3CCOCC3)nc(CCC(=O)O)n2)c1. The van der Waals surface area contributed by atoms with E-state index in [1.165, 1.54) is 0 Å². The third-order valence-electron chi connectivity index (χ3n) is 4.09. The van der Waals surface area contributed by atoms with Crippen LogP contribution in [0.4, 0.5) is 11.6 Å². The normalized spacial score (nSPS) is 14.5. The van der Waals surface area contributed by atoms with Gasteiger partial charge in [0, 0.05) is 25.6 Å². The van der Waals surface area contributed by atoms with E-state index in [0.717, 1.165) is 30.0 Å². The fourth-order valence-electron chi connectivity index (χ4n) is 2.75. The maximum atomic E-state index is 10.9. The molecule has 0 unspecified atom stereocenters. The van der Waals surface area contributed by atoms with Gasteiger partial charge in [0.15, 0.2) is 5.82 Å². The Morgan fingerprint density at radius 1 is 1.33 bits per heavy atom. The van der Waals surface area contributed by atoms with Crippen LogP contribution in [0.1, 0.15) is 23.4 Å². The smallest absolute Gasteiger partial charge is 0.303 e. The number of hydrogen-bond acceptors (Lipinski definition) is 7. The van der Waals surface area contributed by atoms with Crippen LogP contribution in [-0.4, -0.2) is 53.6 Å². The molecule has 1 aromatic carbocycles. The molecule has 27 heavy (non-hydrogen) atoms. The summed E-state index contributed by atoms with van der Waals surface area (Å²) in [5.74, 6) is 0.898. The quantitative estimate of drug-likeness (QED) is 0.569. The maximum absolute atomic E-state index is 10.9. The van der Waals surface area contributed by atoms with Crippen LogP contribution in [0.15, 0.2) is 35.4 Å². The third-order valence-corrected chi connectivity index (χ3v) is 4.09. The minimum Gasteiger partial charge on any atom is -0.481 e. The zero-order valence-electron chi connectivity index (χ0n) is 15.3. The molecule has 1 aliphatic rings. The van der Waals surface area contributed by atoms with Gasteiger partial charge in [0.2, 0.25) is 0 Å². The molecular formula is C19H23N5O3. The molecule has 1 saturated heterocycles. The molecule has 8 heteroatoms. The van der Waals surface area contributed by atoms with Crippen molar-refractivity contribution in [1.82, 2.24) is 9.97 Å². The minimum absolute atomic E-state index is 0.0153. The predicted molar refractivity (Wildman–Crippen MR) is 103 cm³/mol. The molecule has 0 amide bonds. The number of carbonyl (C=O) groups is 1. The van der Waals surface area contributed by atoms with Gasteiger partial charge < -0.3 is 14.7 Å². The van der Waals surface area contributed by atoms with Crippen LogP contribution >= 0.6 is 0 Å². The first-order chi connectivity index (χ1) is 13.1. The van der Waals surface area contributed by atoms with Crippen LogP contribution in [-0.2, 0) is 16.0 Å². The van der Waals surface area contributed by atoms with Crippen molar-refractivity contribution >= 4 is 23.8 Å². The lowest BCUT2D eigenvalue weighted by atomic mass is 10.2. The van der Waals surface area contributed by atoms with Crippen LogP contribution in [0.3, 0.4) is 0 Å². The zero-order valence-corrected chi connectivity index (χ0v) is 15.3. The van der Waals surface area contributed by atoms with Gasteiger partial charge in [-0.1, -0.05) is 29.8 Å². The largest absolute Gasteiger partial charge is 0.481 e. The number of aromatic nitrogens is 2. The summed E-state index contributed by atoms with van der Waals surface area (Å²) >= 11 is 0. The molecule has 0 atom stereocenters. The molecule has 142 valence electrons. The summed E-state index contributed by atoms with van der Waals surface area (Å²) in [6.45, 7) is 4.78. The van der Waals surface area contributed by atoms with Gasteiger partial charge in [-0.05, 0) is 12.5 Å². The van der Waals surface area contributed by atoms with E-state index >= 15 is 0 Å². The Labute approximate surface area is 157 Å². The summed E-state index contributed by atoms with van der Waals surface area (Å²) in [5.41, 5.74) is 5.07. The van der Waals surface area contributed by atoms with Gasteiger partial charge in [-0.3, -0.25) is 10.2 Å². The van der Waals surface area contributed by atoms with Crippen molar-refractivity contribution in [2.24, 2.45) is 5.10 Å². The molecule has 3 rings (SSSR count). The van der Waals surface area contributed by atoms with Crippen molar-refractivity contribution in [3.05, 3.63) is 47.3 Å². The lowest BCUT2D eigenvalue weighted by molar-refractivity contribution is -0.137. The van der Waals surface area contributed by atoms with Crippen molar-refractivity contribution in [3.63, 3.8) is 0 Å². The van der Waals surface area contributed by atoms with Gasteiger partial charge in [-0.15, -0.1) is 0 Å². The van der Waals surface area contributed by atoms with Crippen LogP contribution in [0, 0.1) is 6.92 Å². The highest BCUT2D eigenvalue weighted by atomic mass is 16.5. The molecule has 0 saturated carbocycles. The van der Waals surface area contributed by atoms with E-state index in [9.17, 15) is 4.79 Å². The van der Waals surface area contributed by atoms with Crippen molar-refractivity contribution in [2.45, 2.75) is 19.8 Å². The Hall–Kier alpha value is -3.00. The molecule has 0 aliphatic carbocycles. The molecule has 0 bridgehead atoms. The van der Waals surface area contributed by atoms with E-state index in [1.54, 1.807) is 6.21 Å². The molecule has 8 nitrogen and oxygen atoms in total. The Morgan fingerprint density at radius 3 is 2.89 bits per heavy atom. The van der Waals surface area contributed by atoms with Crippen molar-refractivity contribution in [3.8, 4) is 0 Å². The number of aryl methyl sites for hydroxylation is 2. The van der Waals surface area contributed by atoms with Gasteiger partial charge in [-0.2, -0.15) is 5.10 Å². The first-order valence-corrected chi connectivity index (χ1v) is 8.88. The van der Waals surface area contributed by atoms with Crippen LogP contribution in [0.5, 0.6) is 0 Å². The second kappa shape index (κ2) is 9.09. The zero-order chi connectivity index (χ0) is 19.1. The number of rotatable bonds is 7. The average Bonchev–Trinajstić information content (AvgIpc) is 2.67. The Kier molecular flexibility index (Phi) is 6.32. The van der Waals surface area contributed by atoms with Gasteiger partial charge >= 0.3 is 5.97 Å². The molecule has 1 fully saturated rings. The van der Waals surface area contributed by atoms with E-state index in [-0.39, 0.29) is 12.8 Å². The first kappa shape index (κ1) is 18.8. The van der Waals surface area contributed by atoms with Crippen LogP contribution in [0.25, 0.3) is 0 Å². The number of benzene rings is 1. The summed E-state index contributed by atoms with van der Waals surface area (Å²) < 4.78 is 5.38. The molecule has 2 heterocycles. The number of morpholine rings is 1. The van der Waals surface area contributed by atoms with E-state index < -0.39 is 5.97 Å². The predicted octanol–water partition coefficient (Wildman–Crippen LogP) is 2.08. The Morgan fingerprint density at radius 2 is 2.15 bits per heavy atom. The number of nitrogens with one attached hydrogen (secondary N) is 1. The topological polar surface area (TPSA) is 99.9 Å². The highest BCUT2D eigenvalue weighted by Crippen LogP contribution is 2.18. The molecule has 2 N–H and O–H groups in total. The summed E-state index contributed by atoms with van der Waals surface area (Å²) in [7, 11) is 0. The van der Waals surface area contributed by atoms with Crippen molar-refractivity contribution in [2.75, 3.05) is 36.6 Å². The highest BCUT2D eigenvalue weighted by Gasteiger charge is 2.15. The fraction of sp³-hybridized carbons (Fsp3) is 0.368. The van der Waals surface area contributed by atoms with Gasteiger partial charge in [-0.25, -0.2) is 9.97 Å². The number of hydrazone groups is 1. The lowest BCUT2D eigenvalue weighted by Crippen LogP contribution is -2.37. The summed E-state index contributed by atoms with van der Waals surface area (Å²) in [4.78, 5) is 21.9. The van der Waals surface area contributed by atoms with E-state index in [0.29, 0.717) is 24.9 Å². The van der Waals surface area contributed by atoms with Crippen LogP contribution < -0.4 is 10.3 Å². The molecule has 2 aromatic rings. The Bertz CT molecular complexity index is 819. The second-order valence-electron chi connectivity index (χ2n) is 6.30. The number of ether oxygens (including phenoxy) is 1. The number of aliphatic carboxylic acids is 1. The monoisotopic (exact) mass is 369 g/mol. The minimum atomic E-state index is -0.873. The van der Waals surface area contributed by atoms with Crippen LogP contribution in [0.2, 0.25) is 0 Å². The third kappa shape index (κ3) is 5.75. The summed E-state index contributed by atoms with van der Waals surface area (Å²) in [5, 5.41) is 13.2. The van der Waals surface area contributed by atoms with Crippen molar-refractivity contribution < 1.29 is 14.6 Å².